The van der Waals surface area contributed by atoms with Crippen LogP contribution in [0.1, 0.15) is 29.8 Å². The summed E-state index contributed by atoms with van der Waals surface area (Å²) in [6.45, 7) is 8.23. The van der Waals surface area contributed by atoms with E-state index < -0.39 is 5.97 Å². The second-order valence-electron chi connectivity index (χ2n) is 6.60. The highest BCUT2D eigenvalue weighted by Gasteiger charge is 2.28. The highest BCUT2D eigenvalue weighted by Crippen LogP contribution is 2.18. The Hall–Kier alpha value is -2.12. The fourth-order valence-corrected chi connectivity index (χ4v) is 3.10. The SMILES string of the molecule is COC(=O)c1cc(NC(=O)N2CCN(C[C@@H](C)O)C[C@H]2C)ccc1C. The van der Waals surface area contributed by atoms with Gasteiger partial charge in [0.15, 0.2) is 0 Å². The van der Waals surface area contributed by atoms with Crippen molar-refractivity contribution in [3.63, 3.8) is 0 Å². The van der Waals surface area contributed by atoms with Crippen molar-refractivity contribution in [2.24, 2.45) is 0 Å². The molecule has 0 unspecified atom stereocenters. The van der Waals surface area contributed by atoms with Gasteiger partial charge in [0.2, 0.25) is 0 Å². The number of carbonyl (C=O) groups is 2. The van der Waals surface area contributed by atoms with Gasteiger partial charge in [0.25, 0.3) is 0 Å². The number of urea groups is 1. The van der Waals surface area contributed by atoms with E-state index in [2.05, 4.69) is 10.2 Å². The Bertz CT molecular complexity index is 633. The molecule has 1 aromatic carbocycles. The van der Waals surface area contributed by atoms with E-state index >= 15 is 0 Å². The molecule has 25 heavy (non-hydrogen) atoms. The molecule has 0 bridgehead atoms. The van der Waals surface area contributed by atoms with E-state index in [1.54, 1.807) is 30.0 Å². The van der Waals surface area contributed by atoms with Crippen LogP contribution in [0.4, 0.5) is 10.5 Å². The molecule has 7 nitrogen and oxygen atoms in total. The molecule has 1 fully saturated rings. The molecule has 1 saturated heterocycles. The van der Waals surface area contributed by atoms with E-state index in [0.29, 0.717) is 24.3 Å². The fraction of sp³-hybridized carbons (Fsp3) is 0.556. The van der Waals surface area contributed by atoms with Crippen LogP contribution < -0.4 is 5.32 Å². The molecule has 138 valence electrons. The zero-order valence-electron chi connectivity index (χ0n) is 15.3. The summed E-state index contributed by atoms with van der Waals surface area (Å²) < 4.78 is 4.77. The molecule has 0 aliphatic carbocycles. The van der Waals surface area contributed by atoms with Gasteiger partial charge in [-0.15, -0.1) is 0 Å². The average molecular weight is 349 g/mol. The number of amides is 2. The minimum Gasteiger partial charge on any atom is -0.465 e. The lowest BCUT2D eigenvalue weighted by Gasteiger charge is -2.40. The summed E-state index contributed by atoms with van der Waals surface area (Å²) in [5.74, 6) is -0.422. The van der Waals surface area contributed by atoms with Gasteiger partial charge in [0, 0.05) is 37.9 Å². The highest BCUT2D eigenvalue weighted by molar-refractivity contribution is 5.95. The smallest absolute Gasteiger partial charge is 0.338 e. The van der Waals surface area contributed by atoms with Crippen molar-refractivity contribution in [3.05, 3.63) is 29.3 Å². The second kappa shape index (κ2) is 8.31. The zero-order valence-corrected chi connectivity index (χ0v) is 15.3. The van der Waals surface area contributed by atoms with E-state index in [1.165, 1.54) is 7.11 Å². The molecule has 2 amide bonds. The molecule has 1 aromatic rings. The van der Waals surface area contributed by atoms with E-state index in [-0.39, 0.29) is 18.2 Å². The molecule has 0 aromatic heterocycles. The summed E-state index contributed by atoms with van der Waals surface area (Å²) in [6.07, 6.45) is -0.378. The van der Waals surface area contributed by atoms with Gasteiger partial charge in [-0.1, -0.05) is 6.07 Å². The van der Waals surface area contributed by atoms with Gasteiger partial charge < -0.3 is 20.1 Å². The van der Waals surface area contributed by atoms with Crippen LogP contribution in [0.5, 0.6) is 0 Å². The number of benzene rings is 1. The molecule has 2 N–H and O–H groups in total. The molecule has 0 radical (unpaired) electrons. The maximum atomic E-state index is 12.6. The molecule has 0 spiro atoms. The zero-order chi connectivity index (χ0) is 18.6. The van der Waals surface area contributed by atoms with Crippen molar-refractivity contribution < 1.29 is 19.4 Å². The third-order valence-electron chi connectivity index (χ3n) is 4.39. The van der Waals surface area contributed by atoms with Gasteiger partial charge in [0.1, 0.15) is 0 Å². The lowest BCUT2D eigenvalue weighted by molar-refractivity contribution is 0.0599. The minimum absolute atomic E-state index is 0.0398. The van der Waals surface area contributed by atoms with Gasteiger partial charge in [0.05, 0.1) is 18.8 Å². The van der Waals surface area contributed by atoms with Gasteiger partial charge >= 0.3 is 12.0 Å². The van der Waals surface area contributed by atoms with Crippen molar-refractivity contribution in [2.75, 3.05) is 38.6 Å². The quantitative estimate of drug-likeness (QED) is 0.809. The lowest BCUT2D eigenvalue weighted by Crippen LogP contribution is -2.56. The first-order chi connectivity index (χ1) is 11.8. The molecule has 1 aliphatic rings. The van der Waals surface area contributed by atoms with Gasteiger partial charge in [-0.25, -0.2) is 9.59 Å². The number of methoxy groups -OCH3 is 1. The first kappa shape index (κ1) is 19.2. The lowest BCUT2D eigenvalue weighted by atomic mass is 10.1. The van der Waals surface area contributed by atoms with Crippen LogP contribution in [0.15, 0.2) is 18.2 Å². The number of rotatable bonds is 4. The number of nitrogens with zero attached hydrogens (tertiary/aromatic N) is 2. The number of aliphatic hydroxyl groups excluding tert-OH is 1. The highest BCUT2D eigenvalue weighted by atomic mass is 16.5. The third kappa shape index (κ3) is 4.93. The van der Waals surface area contributed by atoms with Gasteiger partial charge in [-0.3, -0.25) is 4.90 Å². The summed E-state index contributed by atoms with van der Waals surface area (Å²) in [6, 6.07) is 5.04. The Morgan fingerprint density at radius 3 is 2.72 bits per heavy atom. The minimum atomic E-state index is -0.422. The van der Waals surface area contributed by atoms with Crippen molar-refractivity contribution in [1.29, 1.82) is 0 Å². The second-order valence-corrected chi connectivity index (χ2v) is 6.60. The van der Waals surface area contributed by atoms with Gasteiger partial charge in [-0.05, 0) is 38.5 Å². The molecule has 0 saturated carbocycles. The number of piperazine rings is 1. The summed E-state index contributed by atoms with van der Waals surface area (Å²) >= 11 is 0. The number of β-amino-alcohol motifs (C(OH)–C–C–N with tert-alkyl or cyclic N) is 1. The predicted molar refractivity (Wildman–Crippen MR) is 95.8 cm³/mol. The third-order valence-corrected chi connectivity index (χ3v) is 4.39. The van der Waals surface area contributed by atoms with Crippen molar-refractivity contribution >= 4 is 17.7 Å². The molecule has 1 heterocycles. The number of aliphatic hydroxyl groups is 1. The van der Waals surface area contributed by atoms with Crippen LogP contribution >= 0.6 is 0 Å². The normalized spacial score (nSPS) is 19.4. The van der Waals surface area contributed by atoms with Crippen LogP contribution in [0.2, 0.25) is 0 Å². The number of anilines is 1. The van der Waals surface area contributed by atoms with Crippen molar-refractivity contribution in [2.45, 2.75) is 32.9 Å². The number of esters is 1. The maximum Gasteiger partial charge on any atom is 0.338 e. The summed E-state index contributed by atoms with van der Waals surface area (Å²) in [5.41, 5.74) is 1.80. The predicted octanol–water partition coefficient (Wildman–Crippen LogP) is 1.70. The number of carbonyl (C=O) groups excluding carboxylic acids is 2. The van der Waals surface area contributed by atoms with E-state index in [9.17, 15) is 14.7 Å². The largest absolute Gasteiger partial charge is 0.465 e. The fourth-order valence-electron chi connectivity index (χ4n) is 3.10. The maximum absolute atomic E-state index is 12.6. The topological polar surface area (TPSA) is 82.1 Å². The molecular weight excluding hydrogens is 322 g/mol. The molecule has 7 heteroatoms. The van der Waals surface area contributed by atoms with E-state index in [1.807, 2.05) is 13.8 Å². The molecular formula is C18H27N3O4. The van der Waals surface area contributed by atoms with Crippen LogP contribution in [0.25, 0.3) is 0 Å². The number of hydrogen-bond donors (Lipinski definition) is 2. The van der Waals surface area contributed by atoms with Crippen LogP contribution in [-0.4, -0.2) is 72.3 Å². The van der Waals surface area contributed by atoms with E-state index in [0.717, 1.165) is 18.7 Å². The summed E-state index contributed by atoms with van der Waals surface area (Å²) in [4.78, 5) is 28.3. The van der Waals surface area contributed by atoms with Crippen LogP contribution in [0, 0.1) is 6.92 Å². The van der Waals surface area contributed by atoms with Crippen LogP contribution in [-0.2, 0) is 4.74 Å². The van der Waals surface area contributed by atoms with E-state index in [4.69, 9.17) is 4.74 Å². The molecule has 1 aliphatic heterocycles. The number of hydrogen-bond acceptors (Lipinski definition) is 5. The standard InChI is InChI=1S/C18H27N3O4/c1-12-5-6-15(9-16(12)17(23)25-4)19-18(24)21-8-7-20(10-13(21)2)11-14(3)22/h5-6,9,13-14,22H,7-8,10-11H2,1-4H3,(H,19,24)/t13-,14-/m1/s1. The Balaban J connectivity index is 2.02. The van der Waals surface area contributed by atoms with Crippen LogP contribution in [0.3, 0.4) is 0 Å². The molecule has 2 rings (SSSR count). The Labute approximate surface area is 148 Å². The first-order valence-electron chi connectivity index (χ1n) is 8.48. The number of ether oxygens (including phenoxy) is 1. The Kier molecular flexibility index (Phi) is 6.39. The Morgan fingerprint density at radius 2 is 2.12 bits per heavy atom. The summed E-state index contributed by atoms with van der Waals surface area (Å²) in [7, 11) is 1.33. The average Bonchev–Trinajstić information content (AvgIpc) is 2.55. The number of aryl methyl sites for hydroxylation is 1. The van der Waals surface area contributed by atoms with Gasteiger partial charge in [-0.2, -0.15) is 0 Å². The molecule has 2 atom stereocenters. The van der Waals surface area contributed by atoms with Crippen molar-refractivity contribution in [1.82, 2.24) is 9.80 Å². The van der Waals surface area contributed by atoms with Crippen molar-refractivity contribution in [3.8, 4) is 0 Å². The monoisotopic (exact) mass is 349 g/mol. The Morgan fingerprint density at radius 1 is 1.40 bits per heavy atom. The number of nitrogens with one attached hydrogen (secondary N) is 1. The first-order valence-corrected chi connectivity index (χ1v) is 8.48. The summed E-state index contributed by atoms with van der Waals surface area (Å²) in [5, 5.41) is 12.4.